The maximum Gasteiger partial charge on any atom is 0.258 e. The summed E-state index contributed by atoms with van der Waals surface area (Å²) in [6, 6.07) is 4.02. The monoisotopic (exact) mass is 290 g/mol. The molecule has 0 aliphatic rings. The Bertz CT molecular complexity index is 560. The molecule has 0 saturated heterocycles. The molecule has 0 aliphatic carbocycles. The number of sulfonamides is 1. The number of carbonyl (C=O) groups is 1. The Labute approximate surface area is 110 Å². The van der Waals surface area contributed by atoms with Crippen molar-refractivity contribution in [3.63, 3.8) is 0 Å². The molecular weight excluding hydrogens is 275 g/mol. The Morgan fingerprint density at radius 1 is 1.47 bits per heavy atom. The van der Waals surface area contributed by atoms with E-state index >= 15 is 0 Å². The van der Waals surface area contributed by atoms with E-state index in [2.05, 4.69) is 5.32 Å². The Morgan fingerprint density at radius 3 is 2.74 bits per heavy atom. The van der Waals surface area contributed by atoms with Crippen LogP contribution in [0.4, 0.5) is 4.39 Å². The third-order valence-corrected chi connectivity index (χ3v) is 3.17. The van der Waals surface area contributed by atoms with E-state index in [4.69, 9.17) is 9.88 Å². The van der Waals surface area contributed by atoms with Gasteiger partial charge in [-0.25, -0.2) is 17.9 Å². The van der Waals surface area contributed by atoms with E-state index in [1.165, 1.54) is 19.2 Å². The molecule has 8 heteroatoms. The first kappa shape index (κ1) is 15.4. The summed E-state index contributed by atoms with van der Waals surface area (Å²) in [6.07, 6.45) is 0.154. The number of nitrogens with one attached hydrogen (secondary N) is 1. The lowest BCUT2D eigenvalue weighted by Crippen LogP contribution is -2.28. The van der Waals surface area contributed by atoms with Crippen molar-refractivity contribution in [3.05, 3.63) is 29.6 Å². The van der Waals surface area contributed by atoms with Gasteiger partial charge >= 0.3 is 0 Å². The summed E-state index contributed by atoms with van der Waals surface area (Å²) in [7, 11) is -2.23. The van der Waals surface area contributed by atoms with Gasteiger partial charge in [-0.1, -0.05) is 6.07 Å². The minimum atomic E-state index is -3.56. The smallest absolute Gasteiger partial charge is 0.258 e. The molecule has 0 atom stereocenters. The van der Waals surface area contributed by atoms with Crippen molar-refractivity contribution in [1.82, 2.24) is 5.32 Å². The first-order valence-electron chi connectivity index (χ1n) is 5.46. The van der Waals surface area contributed by atoms with Crippen molar-refractivity contribution in [3.8, 4) is 5.75 Å². The molecule has 0 bridgehead atoms. The highest BCUT2D eigenvalue weighted by Gasteiger charge is 2.17. The van der Waals surface area contributed by atoms with Gasteiger partial charge in [-0.15, -0.1) is 0 Å². The normalized spacial score (nSPS) is 11.1. The predicted octanol–water partition coefficient (Wildman–Crippen LogP) is 0.243. The number of rotatable bonds is 6. The molecule has 0 heterocycles. The van der Waals surface area contributed by atoms with E-state index < -0.39 is 21.7 Å². The fourth-order valence-corrected chi connectivity index (χ4v) is 2.01. The number of ether oxygens (including phenoxy) is 1. The van der Waals surface area contributed by atoms with E-state index in [0.29, 0.717) is 0 Å². The molecule has 0 radical (unpaired) electrons. The van der Waals surface area contributed by atoms with E-state index in [-0.39, 0.29) is 30.0 Å². The lowest BCUT2D eigenvalue weighted by Gasteiger charge is -2.09. The van der Waals surface area contributed by atoms with Gasteiger partial charge in [0.05, 0.1) is 12.9 Å². The number of nitrogens with two attached hydrogens (primary N) is 1. The molecule has 1 rings (SSSR count). The molecule has 106 valence electrons. The van der Waals surface area contributed by atoms with Gasteiger partial charge in [0.25, 0.3) is 5.91 Å². The molecule has 19 heavy (non-hydrogen) atoms. The van der Waals surface area contributed by atoms with Crippen LogP contribution in [0.1, 0.15) is 16.8 Å². The second-order valence-corrected chi connectivity index (χ2v) is 5.53. The van der Waals surface area contributed by atoms with Crippen molar-refractivity contribution in [2.45, 2.75) is 6.42 Å². The summed E-state index contributed by atoms with van der Waals surface area (Å²) in [5.74, 6) is -1.50. The summed E-state index contributed by atoms with van der Waals surface area (Å²) < 4.78 is 39.8. The largest absolute Gasteiger partial charge is 0.496 e. The highest BCUT2D eigenvalue weighted by Crippen LogP contribution is 2.20. The SMILES string of the molecule is COc1cccc(F)c1C(=O)NCCCS(N)(=O)=O. The number of carbonyl (C=O) groups excluding carboxylic acids is 1. The Kier molecular flexibility index (Phi) is 5.25. The van der Waals surface area contributed by atoms with Gasteiger partial charge in [0.15, 0.2) is 0 Å². The zero-order valence-corrected chi connectivity index (χ0v) is 11.2. The first-order valence-corrected chi connectivity index (χ1v) is 7.18. The number of primary sulfonamides is 1. The molecule has 0 fully saturated rings. The predicted molar refractivity (Wildman–Crippen MR) is 67.9 cm³/mol. The van der Waals surface area contributed by atoms with Crippen molar-refractivity contribution >= 4 is 15.9 Å². The van der Waals surface area contributed by atoms with Crippen LogP contribution in [-0.4, -0.2) is 33.7 Å². The second-order valence-electron chi connectivity index (χ2n) is 3.79. The third kappa shape index (κ3) is 4.84. The van der Waals surface area contributed by atoms with Gasteiger partial charge in [0.2, 0.25) is 10.0 Å². The minimum absolute atomic E-state index is 0.0761. The number of methoxy groups -OCH3 is 1. The van der Waals surface area contributed by atoms with Crippen LogP contribution >= 0.6 is 0 Å². The van der Waals surface area contributed by atoms with Gasteiger partial charge in [0, 0.05) is 6.54 Å². The fraction of sp³-hybridized carbons (Fsp3) is 0.364. The van der Waals surface area contributed by atoms with Crippen LogP contribution in [0.3, 0.4) is 0 Å². The maximum absolute atomic E-state index is 13.5. The average Bonchev–Trinajstić information content (AvgIpc) is 2.32. The molecule has 0 unspecified atom stereocenters. The van der Waals surface area contributed by atoms with E-state index in [0.717, 1.165) is 6.07 Å². The van der Waals surface area contributed by atoms with E-state index in [9.17, 15) is 17.6 Å². The number of benzene rings is 1. The molecule has 0 aromatic heterocycles. The number of hydrogen-bond acceptors (Lipinski definition) is 4. The van der Waals surface area contributed by atoms with Gasteiger partial charge in [-0.3, -0.25) is 4.79 Å². The van der Waals surface area contributed by atoms with E-state index in [1.54, 1.807) is 0 Å². The molecule has 3 N–H and O–H groups in total. The fourth-order valence-electron chi connectivity index (χ4n) is 1.46. The van der Waals surface area contributed by atoms with Crippen molar-refractivity contribution in [1.29, 1.82) is 0 Å². The zero-order chi connectivity index (χ0) is 14.5. The summed E-state index contributed by atoms with van der Waals surface area (Å²) in [5.41, 5.74) is -0.208. The van der Waals surface area contributed by atoms with Gasteiger partial charge in [0.1, 0.15) is 17.1 Å². The summed E-state index contributed by atoms with van der Waals surface area (Å²) in [5, 5.41) is 7.22. The highest BCUT2D eigenvalue weighted by atomic mass is 32.2. The van der Waals surface area contributed by atoms with Crippen molar-refractivity contribution < 1.29 is 22.3 Å². The first-order chi connectivity index (χ1) is 8.85. The lowest BCUT2D eigenvalue weighted by molar-refractivity contribution is 0.0946. The van der Waals surface area contributed by atoms with Crippen LogP contribution in [0.5, 0.6) is 5.75 Å². The summed E-state index contributed by atoms with van der Waals surface area (Å²) in [6.45, 7) is 0.0761. The van der Waals surface area contributed by atoms with Crippen LogP contribution in [-0.2, 0) is 10.0 Å². The molecule has 6 nitrogen and oxygen atoms in total. The molecule has 1 aromatic carbocycles. The standard InChI is InChI=1S/C11H15FN2O4S/c1-18-9-5-2-4-8(12)10(9)11(15)14-6-3-7-19(13,16)17/h2,4-5H,3,6-7H2,1H3,(H,14,15)(H2,13,16,17). The quantitative estimate of drug-likeness (QED) is 0.733. The lowest BCUT2D eigenvalue weighted by atomic mass is 10.1. The van der Waals surface area contributed by atoms with Crippen molar-refractivity contribution in [2.75, 3.05) is 19.4 Å². The summed E-state index contributed by atoms with van der Waals surface area (Å²) >= 11 is 0. The molecule has 0 spiro atoms. The van der Waals surface area contributed by atoms with Crippen LogP contribution < -0.4 is 15.2 Å². The third-order valence-electron chi connectivity index (χ3n) is 2.31. The zero-order valence-electron chi connectivity index (χ0n) is 10.3. The highest BCUT2D eigenvalue weighted by molar-refractivity contribution is 7.89. The maximum atomic E-state index is 13.5. The second kappa shape index (κ2) is 6.48. The molecule has 1 amide bonds. The summed E-state index contributed by atoms with van der Waals surface area (Å²) in [4.78, 5) is 11.8. The van der Waals surface area contributed by atoms with Crippen LogP contribution in [0.2, 0.25) is 0 Å². The molecular formula is C11H15FN2O4S. The molecule has 1 aromatic rings. The van der Waals surface area contributed by atoms with E-state index in [1.807, 2.05) is 0 Å². The van der Waals surface area contributed by atoms with Gasteiger partial charge in [-0.05, 0) is 18.6 Å². The number of halogens is 1. The average molecular weight is 290 g/mol. The Balaban J connectivity index is 2.64. The van der Waals surface area contributed by atoms with Gasteiger partial charge < -0.3 is 10.1 Å². The van der Waals surface area contributed by atoms with Crippen LogP contribution in [0, 0.1) is 5.82 Å². The Morgan fingerprint density at radius 2 is 2.16 bits per heavy atom. The van der Waals surface area contributed by atoms with Gasteiger partial charge in [-0.2, -0.15) is 0 Å². The van der Waals surface area contributed by atoms with Crippen LogP contribution in [0.15, 0.2) is 18.2 Å². The Hall–Kier alpha value is -1.67. The number of hydrogen-bond donors (Lipinski definition) is 2. The minimum Gasteiger partial charge on any atom is -0.496 e. The van der Waals surface area contributed by atoms with Crippen molar-refractivity contribution in [2.24, 2.45) is 5.14 Å². The number of amides is 1. The topological polar surface area (TPSA) is 98.5 Å². The van der Waals surface area contributed by atoms with Crippen LogP contribution in [0.25, 0.3) is 0 Å². The molecule has 0 saturated carbocycles. The molecule has 0 aliphatic heterocycles.